The van der Waals surface area contributed by atoms with Crippen LogP contribution in [0.25, 0.3) is 0 Å². The maximum atomic E-state index is 5.33. The molecule has 11 heavy (non-hydrogen) atoms. The molecule has 0 aromatic carbocycles. The number of halogens is 1. The van der Waals surface area contributed by atoms with Crippen LogP contribution in [0.15, 0.2) is 36.0 Å². The molecule has 1 heterocycles. The Kier molecular flexibility index (Phi) is 3.48. The molecule has 0 atom stereocenters. The summed E-state index contributed by atoms with van der Waals surface area (Å²) >= 11 is 5.33. The SMILES string of the molecule is ClC=CCNc1ccccn1. The van der Waals surface area contributed by atoms with Crippen LogP contribution in [-0.4, -0.2) is 11.5 Å². The van der Waals surface area contributed by atoms with Crippen LogP contribution in [0.2, 0.25) is 0 Å². The van der Waals surface area contributed by atoms with Crippen molar-refractivity contribution in [2.75, 3.05) is 11.9 Å². The van der Waals surface area contributed by atoms with E-state index in [1.807, 2.05) is 24.3 Å². The van der Waals surface area contributed by atoms with Gasteiger partial charge in [0.1, 0.15) is 5.82 Å². The van der Waals surface area contributed by atoms with Crippen molar-refractivity contribution in [2.45, 2.75) is 0 Å². The van der Waals surface area contributed by atoms with Gasteiger partial charge in [-0.1, -0.05) is 23.7 Å². The van der Waals surface area contributed by atoms with Crippen LogP contribution in [-0.2, 0) is 0 Å². The third kappa shape index (κ3) is 3.05. The molecular formula is C8H9ClN2. The lowest BCUT2D eigenvalue weighted by Crippen LogP contribution is -1.98. The van der Waals surface area contributed by atoms with Gasteiger partial charge in [-0.2, -0.15) is 0 Å². The summed E-state index contributed by atoms with van der Waals surface area (Å²) in [7, 11) is 0. The van der Waals surface area contributed by atoms with E-state index in [0.717, 1.165) is 5.82 Å². The van der Waals surface area contributed by atoms with Crippen molar-refractivity contribution in [2.24, 2.45) is 0 Å². The van der Waals surface area contributed by atoms with Crippen molar-refractivity contribution in [1.29, 1.82) is 0 Å². The van der Waals surface area contributed by atoms with E-state index in [-0.39, 0.29) is 0 Å². The van der Waals surface area contributed by atoms with Crippen molar-refractivity contribution in [3.63, 3.8) is 0 Å². The molecule has 0 bridgehead atoms. The van der Waals surface area contributed by atoms with E-state index in [9.17, 15) is 0 Å². The van der Waals surface area contributed by atoms with E-state index in [4.69, 9.17) is 11.6 Å². The van der Waals surface area contributed by atoms with Gasteiger partial charge in [-0.15, -0.1) is 0 Å². The molecular weight excluding hydrogens is 160 g/mol. The summed E-state index contributed by atoms with van der Waals surface area (Å²) < 4.78 is 0. The van der Waals surface area contributed by atoms with Crippen LogP contribution in [0.3, 0.4) is 0 Å². The van der Waals surface area contributed by atoms with E-state index >= 15 is 0 Å². The lowest BCUT2D eigenvalue weighted by molar-refractivity contribution is 1.23. The molecule has 0 radical (unpaired) electrons. The van der Waals surface area contributed by atoms with Gasteiger partial charge in [0.2, 0.25) is 0 Å². The first-order chi connectivity index (χ1) is 5.43. The van der Waals surface area contributed by atoms with Crippen molar-refractivity contribution >= 4 is 17.4 Å². The molecule has 2 nitrogen and oxygen atoms in total. The lowest BCUT2D eigenvalue weighted by atomic mass is 10.4. The number of hydrogen-bond acceptors (Lipinski definition) is 2. The number of anilines is 1. The molecule has 0 amide bonds. The number of nitrogens with zero attached hydrogens (tertiary/aromatic N) is 1. The molecule has 1 N–H and O–H groups in total. The largest absolute Gasteiger partial charge is 0.367 e. The zero-order chi connectivity index (χ0) is 7.94. The fraction of sp³-hybridized carbons (Fsp3) is 0.125. The Morgan fingerprint density at radius 1 is 1.55 bits per heavy atom. The Balaban J connectivity index is 2.39. The Bertz CT molecular complexity index is 221. The molecule has 0 aliphatic heterocycles. The van der Waals surface area contributed by atoms with Crippen molar-refractivity contribution in [3.8, 4) is 0 Å². The summed E-state index contributed by atoms with van der Waals surface area (Å²) in [5.41, 5.74) is 1.48. The first-order valence-electron chi connectivity index (χ1n) is 3.33. The molecule has 0 aliphatic carbocycles. The Morgan fingerprint density at radius 3 is 3.09 bits per heavy atom. The highest BCUT2D eigenvalue weighted by atomic mass is 35.5. The summed E-state index contributed by atoms with van der Waals surface area (Å²) in [6.45, 7) is 0.709. The third-order valence-electron chi connectivity index (χ3n) is 1.16. The van der Waals surface area contributed by atoms with Gasteiger partial charge < -0.3 is 5.32 Å². The van der Waals surface area contributed by atoms with Crippen molar-refractivity contribution in [3.05, 3.63) is 36.0 Å². The smallest absolute Gasteiger partial charge is 0.126 e. The highest BCUT2D eigenvalue weighted by Gasteiger charge is 1.85. The third-order valence-corrected chi connectivity index (χ3v) is 1.33. The molecule has 3 heteroatoms. The highest BCUT2D eigenvalue weighted by Crippen LogP contribution is 1.98. The van der Waals surface area contributed by atoms with E-state index < -0.39 is 0 Å². The number of pyridine rings is 1. The summed E-state index contributed by atoms with van der Waals surface area (Å²) in [6.07, 6.45) is 3.56. The minimum absolute atomic E-state index is 0.709. The highest BCUT2D eigenvalue weighted by molar-refractivity contribution is 6.25. The molecule has 0 saturated heterocycles. The van der Waals surface area contributed by atoms with Crippen LogP contribution < -0.4 is 5.32 Å². The van der Waals surface area contributed by atoms with Crippen LogP contribution in [0, 0.1) is 0 Å². The normalized spacial score (nSPS) is 10.3. The van der Waals surface area contributed by atoms with Crippen LogP contribution in [0.4, 0.5) is 5.82 Å². The fourth-order valence-corrected chi connectivity index (χ4v) is 0.764. The second-order valence-electron chi connectivity index (χ2n) is 1.96. The number of aromatic nitrogens is 1. The summed E-state index contributed by atoms with van der Waals surface area (Å²) in [6, 6.07) is 5.71. The van der Waals surface area contributed by atoms with Crippen molar-refractivity contribution < 1.29 is 0 Å². The molecule has 0 aliphatic rings. The number of hydrogen-bond donors (Lipinski definition) is 1. The van der Waals surface area contributed by atoms with Crippen LogP contribution in [0.5, 0.6) is 0 Å². The topological polar surface area (TPSA) is 24.9 Å². The van der Waals surface area contributed by atoms with Crippen molar-refractivity contribution in [1.82, 2.24) is 4.98 Å². The molecule has 0 unspecified atom stereocenters. The second kappa shape index (κ2) is 4.74. The molecule has 0 fully saturated rings. The maximum Gasteiger partial charge on any atom is 0.126 e. The standard InChI is InChI=1S/C8H9ClN2/c9-5-3-7-11-8-4-1-2-6-10-8/h1-6H,7H2,(H,10,11). The fourth-order valence-electron chi connectivity index (χ4n) is 0.675. The molecule has 0 spiro atoms. The van der Waals surface area contributed by atoms with Crippen LogP contribution >= 0.6 is 11.6 Å². The monoisotopic (exact) mass is 168 g/mol. The lowest BCUT2D eigenvalue weighted by Gasteiger charge is -1.98. The number of nitrogens with one attached hydrogen (secondary N) is 1. The van der Waals surface area contributed by atoms with Gasteiger partial charge in [0.05, 0.1) is 0 Å². The van der Waals surface area contributed by atoms with Crippen LogP contribution in [0.1, 0.15) is 0 Å². The first-order valence-corrected chi connectivity index (χ1v) is 3.77. The van der Waals surface area contributed by atoms with Gasteiger partial charge in [0, 0.05) is 18.3 Å². The quantitative estimate of drug-likeness (QED) is 0.749. The predicted molar refractivity (Wildman–Crippen MR) is 47.7 cm³/mol. The van der Waals surface area contributed by atoms with Gasteiger partial charge in [-0.3, -0.25) is 0 Å². The summed E-state index contributed by atoms with van der Waals surface area (Å²) in [4.78, 5) is 4.06. The van der Waals surface area contributed by atoms with Gasteiger partial charge in [0.25, 0.3) is 0 Å². The summed E-state index contributed by atoms with van der Waals surface area (Å²) in [5.74, 6) is 0.863. The molecule has 58 valence electrons. The Hall–Kier alpha value is -1.02. The van der Waals surface area contributed by atoms with E-state index in [0.29, 0.717) is 6.54 Å². The van der Waals surface area contributed by atoms with E-state index in [1.54, 1.807) is 6.20 Å². The summed E-state index contributed by atoms with van der Waals surface area (Å²) in [5, 5.41) is 3.06. The molecule has 0 saturated carbocycles. The molecule has 1 aromatic rings. The molecule has 1 rings (SSSR count). The Labute approximate surface area is 70.9 Å². The molecule has 1 aromatic heterocycles. The first kappa shape index (κ1) is 8.08. The van der Waals surface area contributed by atoms with E-state index in [1.165, 1.54) is 5.54 Å². The van der Waals surface area contributed by atoms with Gasteiger partial charge >= 0.3 is 0 Å². The zero-order valence-electron chi connectivity index (χ0n) is 6.00. The maximum absolute atomic E-state index is 5.33. The minimum atomic E-state index is 0.709. The van der Waals surface area contributed by atoms with Gasteiger partial charge in [-0.25, -0.2) is 4.98 Å². The predicted octanol–water partition coefficient (Wildman–Crippen LogP) is 2.25. The van der Waals surface area contributed by atoms with Gasteiger partial charge in [0.15, 0.2) is 0 Å². The average molecular weight is 169 g/mol. The average Bonchev–Trinajstić information content (AvgIpc) is 2.07. The van der Waals surface area contributed by atoms with E-state index in [2.05, 4.69) is 10.3 Å². The minimum Gasteiger partial charge on any atom is -0.367 e. The Morgan fingerprint density at radius 2 is 2.45 bits per heavy atom. The second-order valence-corrected chi connectivity index (χ2v) is 2.21. The number of rotatable bonds is 3. The zero-order valence-corrected chi connectivity index (χ0v) is 6.75. The van der Waals surface area contributed by atoms with Gasteiger partial charge in [-0.05, 0) is 12.1 Å².